The smallest absolute Gasteiger partial charge is 0.246 e. The van der Waals surface area contributed by atoms with Crippen molar-refractivity contribution in [2.45, 2.75) is 44.1 Å². The maximum Gasteiger partial charge on any atom is 0.246 e. The first-order chi connectivity index (χ1) is 9.45. The molecule has 0 bridgehead atoms. The van der Waals surface area contributed by atoms with Gasteiger partial charge in [-0.3, -0.25) is 0 Å². The van der Waals surface area contributed by atoms with Gasteiger partial charge >= 0.3 is 0 Å². The first-order valence-electron chi connectivity index (χ1n) is 6.91. The average molecular weight is 362 g/mol. The molecule has 0 fully saturated rings. The fourth-order valence-corrected chi connectivity index (χ4v) is 4.15. The summed E-state index contributed by atoms with van der Waals surface area (Å²) in [7, 11) is -3.47. The lowest BCUT2D eigenvalue weighted by Gasteiger charge is -2.28. The number of sulfonamides is 1. The van der Waals surface area contributed by atoms with Gasteiger partial charge in [-0.25, -0.2) is 8.42 Å². The van der Waals surface area contributed by atoms with Gasteiger partial charge in [0, 0.05) is 17.6 Å². The molecule has 1 aliphatic heterocycles. The SMILES string of the molecule is CCCCN1CC[C@H](C)Oc2cc(Br)ccc2S1(=O)=O. The van der Waals surface area contributed by atoms with E-state index in [4.69, 9.17) is 4.74 Å². The number of unbranched alkanes of at least 4 members (excludes halogenated alkanes) is 1. The molecule has 1 aromatic carbocycles. The van der Waals surface area contributed by atoms with E-state index in [1.54, 1.807) is 22.5 Å². The zero-order valence-electron chi connectivity index (χ0n) is 11.8. The average Bonchev–Trinajstić information content (AvgIpc) is 2.37. The molecule has 4 nitrogen and oxygen atoms in total. The molecule has 0 aliphatic carbocycles. The van der Waals surface area contributed by atoms with Crippen LogP contribution in [-0.4, -0.2) is 31.9 Å². The van der Waals surface area contributed by atoms with E-state index in [0.29, 0.717) is 25.3 Å². The molecule has 6 heteroatoms. The van der Waals surface area contributed by atoms with Crippen molar-refractivity contribution < 1.29 is 13.2 Å². The van der Waals surface area contributed by atoms with Crippen LogP contribution in [0.25, 0.3) is 0 Å². The minimum absolute atomic E-state index is 0.00248. The Balaban J connectivity index is 2.45. The number of hydrogen-bond acceptors (Lipinski definition) is 3. The standard InChI is InChI=1S/C14H20BrNO3S/c1-3-4-8-16-9-7-11(2)19-13-10-12(15)5-6-14(13)20(16,17)18/h5-6,10-11H,3-4,7-9H2,1-2H3/t11-/m0/s1. The quantitative estimate of drug-likeness (QED) is 0.828. The molecular formula is C14H20BrNO3S. The summed E-state index contributed by atoms with van der Waals surface area (Å²) in [6.45, 7) is 5.12. The van der Waals surface area contributed by atoms with E-state index in [1.165, 1.54) is 0 Å². The van der Waals surface area contributed by atoms with Gasteiger partial charge in [0.25, 0.3) is 0 Å². The van der Waals surface area contributed by atoms with Crippen LogP contribution < -0.4 is 4.74 Å². The highest BCUT2D eigenvalue weighted by Crippen LogP contribution is 2.33. The predicted molar refractivity (Wildman–Crippen MR) is 82.5 cm³/mol. The summed E-state index contributed by atoms with van der Waals surface area (Å²) < 4.78 is 33.6. The minimum atomic E-state index is -3.47. The van der Waals surface area contributed by atoms with Crippen molar-refractivity contribution in [2.24, 2.45) is 0 Å². The fourth-order valence-electron chi connectivity index (χ4n) is 2.21. The Morgan fingerprint density at radius 3 is 2.90 bits per heavy atom. The van der Waals surface area contributed by atoms with Crippen molar-refractivity contribution in [3.8, 4) is 5.75 Å². The first-order valence-corrected chi connectivity index (χ1v) is 9.15. The number of ether oxygens (including phenoxy) is 1. The van der Waals surface area contributed by atoms with E-state index in [1.807, 2.05) is 6.92 Å². The molecule has 0 N–H and O–H groups in total. The predicted octanol–water partition coefficient (Wildman–Crippen LogP) is 3.41. The van der Waals surface area contributed by atoms with E-state index in [9.17, 15) is 8.42 Å². The Morgan fingerprint density at radius 1 is 1.45 bits per heavy atom. The summed E-state index contributed by atoms with van der Waals surface area (Å²) in [6, 6.07) is 5.09. The van der Waals surface area contributed by atoms with Gasteiger partial charge in [0.2, 0.25) is 10.0 Å². The molecule has 20 heavy (non-hydrogen) atoms. The van der Waals surface area contributed by atoms with Crippen LogP contribution >= 0.6 is 15.9 Å². The van der Waals surface area contributed by atoms with Crippen LogP contribution in [0.15, 0.2) is 27.6 Å². The number of hydrogen-bond donors (Lipinski definition) is 0. The van der Waals surface area contributed by atoms with Gasteiger partial charge in [-0.2, -0.15) is 4.31 Å². The van der Waals surface area contributed by atoms with Crippen molar-refractivity contribution >= 4 is 26.0 Å². The third-order valence-corrected chi connectivity index (χ3v) is 5.83. The van der Waals surface area contributed by atoms with Crippen LogP contribution in [-0.2, 0) is 10.0 Å². The molecule has 0 saturated heterocycles. The molecule has 1 aliphatic rings. The van der Waals surface area contributed by atoms with Crippen LogP contribution in [0.2, 0.25) is 0 Å². The molecule has 0 radical (unpaired) electrons. The summed E-state index contributed by atoms with van der Waals surface area (Å²) in [6.07, 6.45) is 2.56. The summed E-state index contributed by atoms with van der Waals surface area (Å²) in [5.74, 6) is 0.438. The topological polar surface area (TPSA) is 46.6 Å². The third kappa shape index (κ3) is 3.35. The molecule has 1 aromatic rings. The van der Waals surface area contributed by atoms with Gasteiger partial charge in [0.05, 0.1) is 6.10 Å². The third-order valence-electron chi connectivity index (χ3n) is 3.40. The Morgan fingerprint density at radius 2 is 2.20 bits per heavy atom. The molecule has 2 rings (SSSR count). The van der Waals surface area contributed by atoms with Crippen LogP contribution in [0.1, 0.15) is 33.1 Å². The maximum absolute atomic E-state index is 12.7. The Labute approximate surface area is 129 Å². The summed E-state index contributed by atoms with van der Waals surface area (Å²) >= 11 is 3.36. The Bertz CT molecular complexity index is 574. The zero-order chi connectivity index (χ0) is 14.8. The lowest BCUT2D eigenvalue weighted by atomic mass is 10.2. The monoisotopic (exact) mass is 361 g/mol. The molecular weight excluding hydrogens is 342 g/mol. The van der Waals surface area contributed by atoms with Crippen molar-refractivity contribution in [1.82, 2.24) is 4.31 Å². The highest BCUT2D eigenvalue weighted by Gasteiger charge is 2.30. The number of nitrogens with zero attached hydrogens (tertiary/aromatic N) is 1. The second-order valence-electron chi connectivity index (χ2n) is 5.07. The highest BCUT2D eigenvalue weighted by atomic mass is 79.9. The second kappa shape index (κ2) is 6.45. The fraction of sp³-hybridized carbons (Fsp3) is 0.571. The zero-order valence-corrected chi connectivity index (χ0v) is 14.2. The van der Waals surface area contributed by atoms with Crippen LogP contribution in [0, 0.1) is 0 Å². The van der Waals surface area contributed by atoms with Crippen molar-refractivity contribution in [3.05, 3.63) is 22.7 Å². The number of benzene rings is 1. The van der Waals surface area contributed by atoms with E-state index < -0.39 is 10.0 Å². The van der Waals surface area contributed by atoms with Gasteiger partial charge in [0.1, 0.15) is 10.6 Å². The van der Waals surface area contributed by atoms with Crippen molar-refractivity contribution in [3.63, 3.8) is 0 Å². The van der Waals surface area contributed by atoms with Crippen LogP contribution in [0.3, 0.4) is 0 Å². The first kappa shape index (κ1) is 15.8. The lowest BCUT2D eigenvalue weighted by Crippen LogP contribution is -2.37. The van der Waals surface area contributed by atoms with Gasteiger partial charge < -0.3 is 4.74 Å². The van der Waals surface area contributed by atoms with Gasteiger partial charge in [0.15, 0.2) is 0 Å². The van der Waals surface area contributed by atoms with Gasteiger partial charge in [-0.15, -0.1) is 0 Å². The molecule has 0 amide bonds. The molecule has 112 valence electrons. The normalized spacial score (nSPS) is 22.4. The summed E-state index contributed by atoms with van der Waals surface area (Å²) in [5.41, 5.74) is 0. The van der Waals surface area contributed by atoms with E-state index >= 15 is 0 Å². The van der Waals surface area contributed by atoms with Crippen molar-refractivity contribution in [2.75, 3.05) is 13.1 Å². The van der Waals surface area contributed by atoms with E-state index in [2.05, 4.69) is 22.9 Å². The molecule has 1 atom stereocenters. The molecule has 0 spiro atoms. The largest absolute Gasteiger partial charge is 0.489 e. The van der Waals surface area contributed by atoms with Crippen LogP contribution in [0.4, 0.5) is 0 Å². The van der Waals surface area contributed by atoms with Crippen molar-refractivity contribution in [1.29, 1.82) is 0 Å². The minimum Gasteiger partial charge on any atom is -0.489 e. The molecule has 0 unspecified atom stereocenters. The summed E-state index contributed by atoms with van der Waals surface area (Å²) in [4.78, 5) is 0.267. The Hall–Kier alpha value is -0.590. The second-order valence-corrected chi connectivity index (χ2v) is 7.89. The maximum atomic E-state index is 12.7. The van der Waals surface area contributed by atoms with E-state index in [0.717, 1.165) is 17.3 Å². The van der Waals surface area contributed by atoms with Gasteiger partial charge in [-0.05, 0) is 38.0 Å². The molecule has 1 heterocycles. The number of rotatable bonds is 3. The van der Waals surface area contributed by atoms with Crippen LogP contribution in [0.5, 0.6) is 5.75 Å². The van der Waals surface area contributed by atoms with Gasteiger partial charge in [-0.1, -0.05) is 29.3 Å². The molecule has 0 saturated carbocycles. The number of halogens is 1. The lowest BCUT2D eigenvalue weighted by molar-refractivity contribution is 0.187. The highest BCUT2D eigenvalue weighted by molar-refractivity contribution is 9.10. The Kier molecular flexibility index (Phi) is 5.09. The van der Waals surface area contributed by atoms with E-state index in [-0.39, 0.29) is 11.0 Å². The molecule has 0 aromatic heterocycles. The summed E-state index contributed by atoms with van der Waals surface area (Å²) in [5, 5.41) is 0. The number of fused-ring (bicyclic) bond motifs is 1.